The number of hydrogen-bond acceptors (Lipinski definition) is 5. The summed E-state index contributed by atoms with van der Waals surface area (Å²) in [5.74, 6) is 1.43. The Morgan fingerprint density at radius 1 is 1.18 bits per heavy atom. The van der Waals surface area contributed by atoms with Crippen molar-refractivity contribution in [2.75, 3.05) is 19.1 Å². The van der Waals surface area contributed by atoms with Crippen molar-refractivity contribution in [1.29, 1.82) is 0 Å². The van der Waals surface area contributed by atoms with Gasteiger partial charge in [0.05, 0.1) is 37.7 Å². The minimum Gasteiger partial charge on any atom is -0.497 e. The summed E-state index contributed by atoms with van der Waals surface area (Å²) in [6, 6.07) is 13.7. The fourth-order valence-electron chi connectivity index (χ4n) is 3.37. The average molecular weight is 476 g/mol. The van der Waals surface area contributed by atoms with E-state index in [1.165, 1.54) is 4.88 Å². The van der Waals surface area contributed by atoms with E-state index < -0.39 is 0 Å². The van der Waals surface area contributed by atoms with Crippen LogP contribution in [0.4, 0.5) is 5.69 Å². The molecule has 0 aliphatic carbocycles. The summed E-state index contributed by atoms with van der Waals surface area (Å²) in [6.07, 6.45) is 1.80. The van der Waals surface area contributed by atoms with Crippen molar-refractivity contribution in [2.24, 2.45) is 0 Å². The van der Waals surface area contributed by atoms with Gasteiger partial charge >= 0.3 is 0 Å². The summed E-state index contributed by atoms with van der Waals surface area (Å²) in [7, 11) is 3.29. The lowest BCUT2D eigenvalue weighted by Crippen LogP contribution is -2.29. The predicted octanol–water partition coefficient (Wildman–Crippen LogP) is 5.10. The van der Waals surface area contributed by atoms with Crippen molar-refractivity contribution in [3.05, 3.63) is 69.1 Å². The molecule has 0 spiro atoms. The molecule has 0 radical (unpaired) electrons. The number of benzene rings is 1. The fourth-order valence-corrected chi connectivity index (χ4v) is 5.28. The summed E-state index contributed by atoms with van der Waals surface area (Å²) in [4.78, 5) is 7.84. The molecule has 1 aromatic carbocycles. The van der Waals surface area contributed by atoms with Crippen LogP contribution >= 0.6 is 39.5 Å². The summed E-state index contributed by atoms with van der Waals surface area (Å²) in [5, 5.41) is 6.17. The maximum atomic E-state index is 5.75. The summed E-state index contributed by atoms with van der Waals surface area (Å²) < 4.78 is 12.0. The van der Waals surface area contributed by atoms with Crippen LogP contribution in [0.25, 0.3) is 0 Å². The van der Waals surface area contributed by atoms with Crippen molar-refractivity contribution in [1.82, 2.24) is 10.3 Å². The molecule has 0 amide bonds. The number of hydrogen-bond donors (Lipinski definition) is 1. The molecule has 28 heavy (non-hydrogen) atoms. The third kappa shape index (κ3) is 3.47. The van der Waals surface area contributed by atoms with E-state index in [1.54, 1.807) is 31.8 Å². The van der Waals surface area contributed by atoms with E-state index in [4.69, 9.17) is 21.7 Å². The molecule has 3 heterocycles. The van der Waals surface area contributed by atoms with E-state index in [-0.39, 0.29) is 12.1 Å². The molecule has 144 valence electrons. The lowest BCUT2D eigenvalue weighted by Gasteiger charge is -2.28. The first kappa shape index (κ1) is 19.2. The molecule has 1 aliphatic rings. The summed E-state index contributed by atoms with van der Waals surface area (Å²) in [5.41, 5.74) is 1.82. The zero-order valence-electron chi connectivity index (χ0n) is 15.3. The number of halogens is 1. The number of ether oxygens (including phenoxy) is 2. The van der Waals surface area contributed by atoms with Gasteiger partial charge in [-0.2, -0.15) is 0 Å². The normalized spacial score (nSPS) is 18.8. The maximum absolute atomic E-state index is 5.75. The van der Waals surface area contributed by atoms with Gasteiger partial charge in [-0.05, 0) is 58.5 Å². The van der Waals surface area contributed by atoms with Crippen molar-refractivity contribution in [3.63, 3.8) is 0 Å². The zero-order valence-corrected chi connectivity index (χ0v) is 18.5. The third-order valence-corrected chi connectivity index (χ3v) is 6.70. The Hall–Kier alpha value is -2.16. The van der Waals surface area contributed by atoms with Gasteiger partial charge in [0.15, 0.2) is 5.11 Å². The Morgan fingerprint density at radius 3 is 2.68 bits per heavy atom. The van der Waals surface area contributed by atoms with Gasteiger partial charge in [0.25, 0.3) is 0 Å². The number of rotatable bonds is 5. The molecule has 4 rings (SSSR count). The number of anilines is 1. The summed E-state index contributed by atoms with van der Waals surface area (Å²) in [6.45, 7) is 0. The molecule has 0 bridgehead atoms. The standard InChI is InChI=1S/C20H18BrN3O2S2/c1-25-13-6-7-15(16(10-13)26-2)24-19(17-9-12(21)11-28-17)18(23-20(24)27)14-5-3-4-8-22-14/h3-11,18-19H,1-2H3,(H,23,27)/t18-,19-/m0/s1. The van der Waals surface area contributed by atoms with E-state index >= 15 is 0 Å². The highest BCUT2D eigenvalue weighted by molar-refractivity contribution is 9.10. The van der Waals surface area contributed by atoms with Crippen LogP contribution in [0.15, 0.2) is 58.5 Å². The average Bonchev–Trinajstić information content (AvgIpc) is 3.30. The number of pyridine rings is 1. The first-order valence-electron chi connectivity index (χ1n) is 8.59. The van der Waals surface area contributed by atoms with Gasteiger partial charge in [-0.15, -0.1) is 11.3 Å². The number of nitrogens with one attached hydrogen (secondary N) is 1. The number of thiocarbonyl (C=S) groups is 1. The van der Waals surface area contributed by atoms with Crippen LogP contribution in [0.5, 0.6) is 11.5 Å². The monoisotopic (exact) mass is 475 g/mol. The molecule has 3 aromatic rings. The van der Waals surface area contributed by atoms with Gasteiger partial charge in [-0.3, -0.25) is 4.98 Å². The Bertz CT molecular complexity index is 996. The summed E-state index contributed by atoms with van der Waals surface area (Å²) >= 11 is 11.0. The van der Waals surface area contributed by atoms with Crippen molar-refractivity contribution in [2.45, 2.75) is 12.1 Å². The predicted molar refractivity (Wildman–Crippen MR) is 119 cm³/mol. The van der Waals surface area contributed by atoms with E-state index in [0.29, 0.717) is 10.9 Å². The van der Waals surface area contributed by atoms with Crippen molar-refractivity contribution >= 4 is 50.3 Å². The van der Waals surface area contributed by atoms with Crippen LogP contribution in [0, 0.1) is 0 Å². The first-order valence-corrected chi connectivity index (χ1v) is 10.7. The molecule has 0 unspecified atom stereocenters. The lowest BCUT2D eigenvalue weighted by molar-refractivity contribution is 0.394. The van der Waals surface area contributed by atoms with Gasteiger partial charge in [-0.25, -0.2) is 0 Å². The molecule has 2 aromatic heterocycles. The van der Waals surface area contributed by atoms with Crippen LogP contribution < -0.4 is 19.7 Å². The second kappa shape index (κ2) is 8.06. The maximum Gasteiger partial charge on any atom is 0.174 e. The minimum atomic E-state index is -0.0777. The van der Waals surface area contributed by atoms with Crippen LogP contribution in [0.3, 0.4) is 0 Å². The van der Waals surface area contributed by atoms with Crippen molar-refractivity contribution < 1.29 is 9.47 Å². The molecule has 8 heteroatoms. The van der Waals surface area contributed by atoms with Gasteiger partial charge in [0.1, 0.15) is 11.5 Å². The topological polar surface area (TPSA) is 46.6 Å². The Labute approximate surface area is 181 Å². The second-order valence-corrected chi connectivity index (χ2v) is 8.45. The fraction of sp³-hybridized carbons (Fsp3) is 0.200. The van der Waals surface area contributed by atoms with Crippen molar-refractivity contribution in [3.8, 4) is 11.5 Å². The molecule has 1 fully saturated rings. The van der Waals surface area contributed by atoms with E-state index in [9.17, 15) is 0 Å². The molecule has 1 aliphatic heterocycles. The van der Waals surface area contributed by atoms with Gasteiger partial charge < -0.3 is 19.7 Å². The Morgan fingerprint density at radius 2 is 2.04 bits per heavy atom. The van der Waals surface area contributed by atoms with Gasteiger partial charge in [-0.1, -0.05) is 6.07 Å². The van der Waals surface area contributed by atoms with Crippen LogP contribution in [-0.4, -0.2) is 24.3 Å². The van der Waals surface area contributed by atoms with E-state index in [2.05, 4.69) is 42.6 Å². The first-order chi connectivity index (χ1) is 13.6. The largest absolute Gasteiger partial charge is 0.497 e. The zero-order chi connectivity index (χ0) is 19.7. The minimum absolute atomic E-state index is 0.0546. The Balaban J connectivity index is 1.84. The number of nitrogens with zero attached hydrogens (tertiary/aromatic N) is 2. The quantitative estimate of drug-likeness (QED) is 0.517. The van der Waals surface area contributed by atoms with Gasteiger partial charge in [0.2, 0.25) is 0 Å². The second-order valence-electron chi connectivity index (χ2n) is 6.20. The number of methoxy groups -OCH3 is 2. The third-order valence-electron chi connectivity index (χ3n) is 4.62. The van der Waals surface area contributed by atoms with Crippen LogP contribution in [-0.2, 0) is 0 Å². The highest BCUT2D eigenvalue weighted by atomic mass is 79.9. The van der Waals surface area contributed by atoms with Gasteiger partial charge in [0, 0.05) is 27.0 Å². The van der Waals surface area contributed by atoms with E-state index in [0.717, 1.165) is 21.6 Å². The SMILES string of the molecule is COc1ccc(N2C(=S)N[C@@H](c3ccccn3)[C@@H]2c2cc(Br)cs2)c(OC)c1. The molecule has 5 nitrogen and oxygen atoms in total. The molecule has 1 saturated heterocycles. The van der Waals surface area contributed by atoms with Crippen LogP contribution in [0.2, 0.25) is 0 Å². The Kier molecular flexibility index (Phi) is 5.52. The molecular weight excluding hydrogens is 458 g/mol. The lowest BCUT2D eigenvalue weighted by atomic mass is 10.0. The highest BCUT2D eigenvalue weighted by Gasteiger charge is 2.42. The molecule has 2 atom stereocenters. The molecular formula is C20H18BrN3O2S2. The number of aromatic nitrogens is 1. The smallest absolute Gasteiger partial charge is 0.174 e. The molecule has 0 saturated carbocycles. The van der Waals surface area contributed by atoms with Crippen LogP contribution in [0.1, 0.15) is 22.7 Å². The van der Waals surface area contributed by atoms with E-state index in [1.807, 2.05) is 36.4 Å². The highest BCUT2D eigenvalue weighted by Crippen LogP contribution is 2.47. The number of thiophene rings is 1. The molecule has 1 N–H and O–H groups in total.